The summed E-state index contributed by atoms with van der Waals surface area (Å²) in [5.74, 6) is -0.0303. The van der Waals surface area contributed by atoms with Gasteiger partial charge in [0.15, 0.2) is 0 Å². The number of hydrogen-bond donors (Lipinski definition) is 1. The number of non-ortho nitro benzene ring substituents is 1. The molecule has 0 fully saturated rings. The van der Waals surface area contributed by atoms with E-state index in [4.69, 9.17) is 0 Å². The van der Waals surface area contributed by atoms with Crippen molar-refractivity contribution in [3.05, 3.63) is 39.9 Å². The van der Waals surface area contributed by atoms with Gasteiger partial charge in [-0.2, -0.15) is 0 Å². The average Bonchev–Trinajstić information content (AvgIpc) is 2.37. The smallest absolute Gasteiger partial charge is 0.269 e. The maximum Gasteiger partial charge on any atom is 0.269 e. The van der Waals surface area contributed by atoms with Crippen molar-refractivity contribution in [1.82, 2.24) is 10.2 Å². The molecule has 6 nitrogen and oxygen atoms in total. The Morgan fingerprint density at radius 1 is 1.37 bits per heavy atom. The van der Waals surface area contributed by atoms with E-state index in [0.29, 0.717) is 0 Å². The molecule has 1 rings (SSSR count). The first-order valence-corrected chi connectivity index (χ1v) is 6.04. The molecule has 2 unspecified atom stereocenters. The number of hydrogen-bond acceptors (Lipinski definition) is 4. The number of carbonyl (C=O) groups is 1. The zero-order valence-corrected chi connectivity index (χ0v) is 11.6. The number of nitrogens with zero attached hydrogens (tertiary/aromatic N) is 2. The fourth-order valence-corrected chi connectivity index (χ4v) is 1.84. The van der Waals surface area contributed by atoms with Gasteiger partial charge in [0, 0.05) is 32.3 Å². The number of amides is 1. The molecule has 0 aliphatic heterocycles. The summed E-state index contributed by atoms with van der Waals surface area (Å²) in [6, 6.07) is 5.93. The van der Waals surface area contributed by atoms with Crippen LogP contribution < -0.4 is 5.32 Å². The van der Waals surface area contributed by atoms with Crippen molar-refractivity contribution in [2.45, 2.75) is 25.9 Å². The van der Waals surface area contributed by atoms with Crippen LogP contribution in [0.4, 0.5) is 5.69 Å². The van der Waals surface area contributed by atoms with Gasteiger partial charge in [0.1, 0.15) is 0 Å². The normalized spacial score (nSPS) is 13.7. The summed E-state index contributed by atoms with van der Waals surface area (Å²) in [6.45, 7) is 3.65. The molecule has 0 aromatic heterocycles. The molecule has 2 atom stereocenters. The second-order valence-electron chi connectivity index (χ2n) is 4.69. The van der Waals surface area contributed by atoms with Gasteiger partial charge in [-0.25, -0.2) is 0 Å². The first kappa shape index (κ1) is 15.1. The summed E-state index contributed by atoms with van der Waals surface area (Å²) >= 11 is 0. The Labute approximate surface area is 112 Å². The quantitative estimate of drug-likeness (QED) is 0.649. The van der Waals surface area contributed by atoms with Gasteiger partial charge in [0.25, 0.3) is 5.69 Å². The largest absolute Gasteiger partial charge is 0.347 e. The van der Waals surface area contributed by atoms with E-state index in [9.17, 15) is 14.9 Å². The van der Waals surface area contributed by atoms with E-state index in [1.807, 2.05) is 6.92 Å². The molecular weight excluding hydrogens is 246 g/mol. The average molecular weight is 265 g/mol. The van der Waals surface area contributed by atoms with Crippen molar-refractivity contribution in [3.63, 3.8) is 0 Å². The highest BCUT2D eigenvalue weighted by atomic mass is 16.6. The third-order valence-electron chi connectivity index (χ3n) is 2.89. The van der Waals surface area contributed by atoms with E-state index in [-0.39, 0.29) is 23.7 Å². The number of nitro groups is 1. The second kappa shape index (κ2) is 6.29. The minimum Gasteiger partial charge on any atom is -0.347 e. The Hall–Kier alpha value is -1.95. The van der Waals surface area contributed by atoms with Gasteiger partial charge < -0.3 is 4.90 Å². The van der Waals surface area contributed by atoms with Crippen LogP contribution in [0.25, 0.3) is 0 Å². The Morgan fingerprint density at radius 3 is 2.53 bits per heavy atom. The Kier molecular flexibility index (Phi) is 5.00. The highest BCUT2D eigenvalue weighted by molar-refractivity contribution is 5.80. The minimum atomic E-state index is -0.426. The van der Waals surface area contributed by atoms with Gasteiger partial charge in [-0.3, -0.25) is 20.2 Å². The molecule has 1 amide bonds. The molecule has 6 heteroatoms. The van der Waals surface area contributed by atoms with E-state index in [1.54, 1.807) is 33.2 Å². The van der Waals surface area contributed by atoms with Gasteiger partial charge in [0.2, 0.25) is 5.91 Å². The molecule has 0 aliphatic rings. The molecule has 1 N–H and O–H groups in total. The number of rotatable bonds is 5. The predicted octanol–water partition coefficient (Wildman–Crippen LogP) is 1.72. The van der Waals surface area contributed by atoms with Gasteiger partial charge in [-0.1, -0.05) is 12.1 Å². The van der Waals surface area contributed by atoms with Crippen LogP contribution in [0.1, 0.15) is 25.5 Å². The van der Waals surface area contributed by atoms with E-state index in [1.165, 1.54) is 17.0 Å². The number of likely N-dealkylation sites (N-methyl/N-ethyl adjacent to an activating group) is 1. The molecular formula is C13H19N3O3. The molecule has 0 aliphatic carbocycles. The third-order valence-corrected chi connectivity index (χ3v) is 2.89. The molecule has 19 heavy (non-hydrogen) atoms. The molecule has 0 spiro atoms. The van der Waals surface area contributed by atoms with Crippen molar-refractivity contribution in [2.24, 2.45) is 0 Å². The van der Waals surface area contributed by atoms with Crippen molar-refractivity contribution in [3.8, 4) is 0 Å². The molecule has 1 aromatic rings. The maximum absolute atomic E-state index is 11.7. The van der Waals surface area contributed by atoms with Crippen LogP contribution in [0.15, 0.2) is 24.3 Å². The van der Waals surface area contributed by atoms with Gasteiger partial charge in [0.05, 0.1) is 11.0 Å². The molecule has 104 valence electrons. The Morgan fingerprint density at radius 2 is 2.00 bits per heavy atom. The number of nitrogens with one attached hydrogen (secondary N) is 1. The van der Waals surface area contributed by atoms with Crippen LogP contribution in [-0.2, 0) is 4.79 Å². The third kappa shape index (κ3) is 4.03. The van der Waals surface area contributed by atoms with Gasteiger partial charge in [-0.15, -0.1) is 0 Å². The topological polar surface area (TPSA) is 75.5 Å². The Balaban J connectivity index is 2.78. The van der Waals surface area contributed by atoms with Crippen LogP contribution >= 0.6 is 0 Å². The zero-order valence-electron chi connectivity index (χ0n) is 11.6. The van der Waals surface area contributed by atoms with Crippen molar-refractivity contribution < 1.29 is 9.72 Å². The fourth-order valence-electron chi connectivity index (χ4n) is 1.84. The summed E-state index contributed by atoms with van der Waals surface area (Å²) in [5.41, 5.74) is 0.838. The van der Waals surface area contributed by atoms with Crippen LogP contribution in [0.5, 0.6) is 0 Å². The Bertz CT molecular complexity index is 474. The summed E-state index contributed by atoms with van der Waals surface area (Å²) in [6.07, 6.45) is 0. The number of benzene rings is 1. The lowest BCUT2D eigenvalue weighted by Gasteiger charge is -2.22. The second-order valence-corrected chi connectivity index (χ2v) is 4.69. The highest BCUT2D eigenvalue weighted by Gasteiger charge is 2.18. The summed E-state index contributed by atoms with van der Waals surface area (Å²) in [4.78, 5) is 23.5. The van der Waals surface area contributed by atoms with E-state index in [2.05, 4.69) is 5.32 Å². The fraction of sp³-hybridized carbons (Fsp3) is 0.462. The van der Waals surface area contributed by atoms with Crippen molar-refractivity contribution >= 4 is 11.6 Å². The summed E-state index contributed by atoms with van der Waals surface area (Å²) in [5, 5.41) is 13.8. The lowest BCUT2D eigenvalue weighted by atomic mass is 10.1. The first-order chi connectivity index (χ1) is 8.82. The van der Waals surface area contributed by atoms with E-state index >= 15 is 0 Å². The highest BCUT2D eigenvalue weighted by Crippen LogP contribution is 2.19. The molecule has 0 saturated carbocycles. The van der Waals surface area contributed by atoms with E-state index < -0.39 is 4.92 Å². The van der Waals surface area contributed by atoms with Crippen LogP contribution in [0.2, 0.25) is 0 Å². The standard InChI is InChI=1S/C13H19N3O3/c1-9(14-10(2)13(17)15(3)4)11-6-5-7-12(8-11)16(18)19/h5-10,14H,1-4H3. The molecule has 0 heterocycles. The predicted molar refractivity (Wildman–Crippen MR) is 72.8 cm³/mol. The zero-order chi connectivity index (χ0) is 14.6. The van der Waals surface area contributed by atoms with Crippen molar-refractivity contribution in [2.75, 3.05) is 14.1 Å². The van der Waals surface area contributed by atoms with Crippen molar-refractivity contribution in [1.29, 1.82) is 0 Å². The lowest BCUT2D eigenvalue weighted by molar-refractivity contribution is -0.384. The SMILES string of the molecule is CC(NC(C)c1cccc([N+](=O)[O-])c1)C(=O)N(C)C. The molecule has 0 saturated heterocycles. The van der Waals surface area contributed by atoms with Gasteiger partial charge >= 0.3 is 0 Å². The molecule has 0 radical (unpaired) electrons. The lowest BCUT2D eigenvalue weighted by Crippen LogP contribution is -2.42. The van der Waals surface area contributed by atoms with Crippen LogP contribution in [-0.4, -0.2) is 35.9 Å². The molecule has 0 bridgehead atoms. The van der Waals surface area contributed by atoms with Gasteiger partial charge in [-0.05, 0) is 19.4 Å². The monoisotopic (exact) mass is 265 g/mol. The van der Waals surface area contributed by atoms with E-state index in [0.717, 1.165) is 5.56 Å². The number of nitro benzene ring substituents is 1. The summed E-state index contributed by atoms with van der Waals surface area (Å²) in [7, 11) is 3.39. The van der Waals surface area contributed by atoms with Crippen LogP contribution in [0.3, 0.4) is 0 Å². The minimum absolute atomic E-state index is 0.0303. The first-order valence-electron chi connectivity index (χ1n) is 6.04. The summed E-state index contributed by atoms with van der Waals surface area (Å²) < 4.78 is 0. The molecule has 1 aromatic carbocycles. The number of carbonyl (C=O) groups excluding carboxylic acids is 1. The van der Waals surface area contributed by atoms with Crippen LogP contribution in [0, 0.1) is 10.1 Å². The maximum atomic E-state index is 11.7.